The summed E-state index contributed by atoms with van der Waals surface area (Å²) >= 11 is 0. The molecule has 2 heterocycles. The SMILES string of the molecule is Cc1ccc(N(C(=O)c2ccco2)C2CCN(Cc3ccc(C(C)C)cc3)CC2)cc1F. The normalized spacial score (nSPS) is 15.3. The van der Waals surface area contributed by atoms with E-state index >= 15 is 0 Å². The lowest BCUT2D eigenvalue weighted by atomic mass is 9.99. The lowest BCUT2D eigenvalue weighted by Gasteiger charge is -2.38. The highest BCUT2D eigenvalue weighted by Gasteiger charge is 2.31. The van der Waals surface area contributed by atoms with Crippen molar-refractivity contribution >= 4 is 11.6 Å². The number of anilines is 1. The number of halogens is 1. The van der Waals surface area contributed by atoms with Crippen molar-refractivity contribution in [3.63, 3.8) is 0 Å². The quantitative estimate of drug-likeness (QED) is 0.466. The average molecular weight is 435 g/mol. The third-order valence-corrected chi connectivity index (χ3v) is 6.36. The molecule has 1 amide bonds. The summed E-state index contributed by atoms with van der Waals surface area (Å²) in [7, 11) is 0. The fraction of sp³-hybridized carbons (Fsp3) is 0.370. The van der Waals surface area contributed by atoms with E-state index in [1.54, 1.807) is 30.0 Å². The van der Waals surface area contributed by atoms with Gasteiger partial charge in [-0.2, -0.15) is 0 Å². The van der Waals surface area contributed by atoms with Gasteiger partial charge in [0.2, 0.25) is 0 Å². The molecule has 1 fully saturated rings. The van der Waals surface area contributed by atoms with Gasteiger partial charge in [0.25, 0.3) is 5.91 Å². The van der Waals surface area contributed by atoms with Crippen LogP contribution in [0.5, 0.6) is 0 Å². The summed E-state index contributed by atoms with van der Waals surface area (Å²) in [6, 6.07) is 17.2. The molecule has 0 spiro atoms. The first kappa shape index (κ1) is 22.3. The van der Waals surface area contributed by atoms with Crippen LogP contribution in [0.4, 0.5) is 10.1 Å². The molecule has 0 aliphatic carbocycles. The van der Waals surface area contributed by atoms with Crippen LogP contribution in [-0.2, 0) is 6.54 Å². The molecule has 5 heteroatoms. The lowest BCUT2D eigenvalue weighted by Crippen LogP contribution is -2.47. The second-order valence-corrected chi connectivity index (χ2v) is 8.99. The van der Waals surface area contributed by atoms with Gasteiger partial charge in [0.1, 0.15) is 5.82 Å². The van der Waals surface area contributed by atoms with Crippen molar-refractivity contribution in [1.82, 2.24) is 4.90 Å². The lowest BCUT2D eigenvalue weighted by molar-refractivity contribution is 0.0931. The smallest absolute Gasteiger partial charge is 0.294 e. The molecular weight excluding hydrogens is 403 g/mol. The number of furan rings is 1. The zero-order valence-corrected chi connectivity index (χ0v) is 19.1. The van der Waals surface area contributed by atoms with Gasteiger partial charge in [-0.05, 0) is 66.6 Å². The van der Waals surface area contributed by atoms with Crippen molar-refractivity contribution < 1.29 is 13.6 Å². The molecule has 4 rings (SSSR count). The van der Waals surface area contributed by atoms with Gasteiger partial charge in [-0.1, -0.05) is 44.2 Å². The molecule has 2 aromatic carbocycles. The maximum Gasteiger partial charge on any atom is 0.294 e. The first-order valence-corrected chi connectivity index (χ1v) is 11.4. The van der Waals surface area contributed by atoms with E-state index in [0.29, 0.717) is 17.2 Å². The highest BCUT2D eigenvalue weighted by molar-refractivity contribution is 6.04. The Morgan fingerprint density at radius 2 is 1.84 bits per heavy atom. The molecule has 0 N–H and O–H groups in total. The molecule has 1 aliphatic heterocycles. The number of aryl methyl sites for hydroxylation is 1. The van der Waals surface area contributed by atoms with Crippen molar-refractivity contribution in [2.45, 2.75) is 52.1 Å². The van der Waals surface area contributed by atoms with Crippen LogP contribution in [0.25, 0.3) is 0 Å². The summed E-state index contributed by atoms with van der Waals surface area (Å²) in [6.45, 7) is 8.80. The van der Waals surface area contributed by atoms with Crippen molar-refractivity contribution in [2.24, 2.45) is 0 Å². The summed E-state index contributed by atoms with van der Waals surface area (Å²) in [5.74, 6) is 0.283. The molecule has 3 aromatic rings. The molecule has 0 unspecified atom stereocenters. The summed E-state index contributed by atoms with van der Waals surface area (Å²) in [5, 5.41) is 0. The van der Waals surface area contributed by atoms with Gasteiger partial charge in [-0.15, -0.1) is 0 Å². The Hall–Kier alpha value is -2.92. The van der Waals surface area contributed by atoms with Gasteiger partial charge >= 0.3 is 0 Å². The van der Waals surface area contributed by atoms with Crippen LogP contribution in [0.1, 0.15) is 59.9 Å². The van der Waals surface area contributed by atoms with E-state index in [0.717, 1.165) is 32.5 Å². The molecule has 0 radical (unpaired) electrons. The zero-order valence-electron chi connectivity index (χ0n) is 19.1. The van der Waals surface area contributed by atoms with E-state index in [2.05, 4.69) is 43.0 Å². The molecule has 4 nitrogen and oxygen atoms in total. The third kappa shape index (κ3) is 4.94. The third-order valence-electron chi connectivity index (χ3n) is 6.36. The largest absolute Gasteiger partial charge is 0.459 e. The number of piperidine rings is 1. The first-order chi connectivity index (χ1) is 15.4. The maximum atomic E-state index is 14.3. The highest BCUT2D eigenvalue weighted by Crippen LogP contribution is 2.28. The van der Waals surface area contributed by atoms with Crippen LogP contribution >= 0.6 is 0 Å². The summed E-state index contributed by atoms with van der Waals surface area (Å²) < 4.78 is 19.7. The number of amides is 1. The van der Waals surface area contributed by atoms with Crippen LogP contribution in [-0.4, -0.2) is 29.9 Å². The summed E-state index contributed by atoms with van der Waals surface area (Å²) in [4.78, 5) is 17.4. The van der Waals surface area contributed by atoms with E-state index in [9.17, 15) is 9.18 Å². The predicted octanol–water partition coefficient (Wildman–Crippen LogP) is 6.16. The Kier molecular flexibility index (Phi) is 6.75. The first-order valence-electron chi connectivity index (χ1n) is 11.4. The molecule has 1 aromatic heterocycles. The standard InChI is InChI=1S/C27H31FN2O2/c1-19(2)22-9-7-21(8-10-22)18-29-14-12-23(13-15-29)30(27(31)26-5-4-16-32-26)24-11-6-20(3)25(28)17-24/h4-11,16-17,19,23H,12-15,18H2,1-3H3. The minimum atomic E-state index is -0.304. The number of rotatable bonds is 6. The van der Waals surface area contributed by atoms with Crippen molar-refractivity contribution in [3.8, 4) is 0 Å². The Labute approximate surface area is 189 Å². The van der Waals surface area contributed by atoms with Crippen LogP contribution in [0.3, 0.4) is 0 Å². The van der Waals surface area contributed by atoms with E-state index in [-0.39, 0.29) is 23.5 Å². The van der Waals surface area contributed by atoms with Gasteiger partial charge in [-0.25, -0.2) is 4.39 Å². The zero-order chi connectivity index (χ0) is 22.7. The summed E-state index contributed by atoms with van der Waals surface area (Å²) in [6.07, 6.45) is 3.15. The maximum absolute atomic E-state index is 14.3. The van der Waals surface area contributed by atoms with Crippen molar-refractivity contribution in [1.29, 1.82) is 0 Å². The number of carbonyl (C=O) groups is 1. The van der Waals surface area contributed by atoms with Crippen LogP contribution in [0.2, 0.25) is 0 Å². The molecule has 1 saturated heterocycles. The van der Waals surface area contributed by atoms with Gasteiger partial charge in [-0.3, -0.25) is 9.69 Å². The second-order valence-electron chi connectivity index (χ2n) is 8.99. The number of benzene rings is 2. The van der Waals surface area contributed by atoms with E-state index in [4.69, 9.17) is 4.42 Å². The monoisotopic (exact) mass is 434 g/mol. The van der Waals surface area contributed by atoms with E-state index in [1.165, 1.54) is 23.5 Å². The number of carbonyl (C=O) groups excluding carboxylic acids is 1. The molecule has 168 valence electrons. The minimum absolute atomic E-state index is 0.00530. The Balaban J connectivity index is 1.47. The Morgan fingerprint density at radius 3 is 2.44 bits per heavy atom. The van der Waals surface area contributed by atoms with Crippen molar-refractivity contribution in [2.75, 3.05) is 18.0 Å². The van der Waals surface area contributed by atoms with Crippen LogP contribution < -0.4 is 4.90 Å². The average Bonchev–Trinajstić information content (AvgIpc) is 3.33. The van der Waals surface area contributed by atoms with Crippen molar-refractivity contribution in [3.05, 3.63) is 89.1 Å². The summed E-state index contributed by atoms with van der Waals surface area (Å²) in [5.41, 5.74) is 3.80. The number of hydrogen-bond acceptors (Lipinski definition) is 3. The molecule has 0 atom stereocenters. The molecule has 1 aliphatic rings. The van der Waals surface area contributed by atoms with Gasteiger partial charge in [0.15, 0.2) is 5.76 Å². The minimum Gasteiger partial charge on any atom is -0.459 e. The number of hydrogen-bond donors (Lipinski definition) is 0. The Bertz CT molecular complexity index is 1040. The van der Waals surface area contributed by atoms with Gasteiger partial charge < -0.3 is 9.32 Å². The molecule has 32 heavy (non-hydrogen) atoms. The van der Waals surface area contributed by atoms with Gasteiger partial charge in [0.05, 0.1) is 6.26 Å². The molecule has 0 bridgehead atoms. The fourth-order valence-corrected chi connectivity index (χ4v) is 4.35. The topological polar surface area (TPSA) is 36.7 Å². The molecule has 0 saturated carbocycles. The van der Waals surface area contributed by atoms with Crippen LogP contribution in [0.15, 0.2) is 65.3 Å². The second kappa shape index (κ2) is 9.70. The van der Waals surface area contributed by atoms with Gasteiger partial charge in [0, 0.05) is 31.4 Å². The predicted molar refractivity (Wildman–Crippen MR) is 125 cm³/mol. The van der Waals surface area contributed by atoms with E-state index < -0.39 is 0 Å². The van der Waals surface area contributed by atoms with Crippen LogP contribution in [0, 0.1) is 12.7 Å². The Morgan fingerprint density at radius 1 is 1.12 bits per heavy atom. The number of likely N-dealkylation sites (tertiary alicyclic amines) is 1. The number of nitrogens with zero attached hydrogens (tertiary/aromatic N) is 2. The molecular formula is C27H31FN2O2. The van der Waals surface area contributed by atoms with E-state index in [1.807, 2.05) is 6.07 Å². The fourth-order valence-electron chi connectivity index (χ4n) is 4.35. The highest BCUT2D eigenvalue weighted by atomic mass is 19.1.